The van der Waals surface area contributed by atoms with Gasteiger partial charge in [-0.3, -0.25) is 0 Å². The molecule has 0 amide bonds. The quantitative estimate of drug-likeness (QED) is 0.543. The van der Waals surface area contributed by atoms with Gasteiger partial charge in [-0.15, -0.1) is 0 Å². The van der Waals surface area contributed by atoms with E-state index in [2.05, 4.69) is 6.92 Å². The largest absolute Gasteiger partial charge is 0.478 e. The molecule has 150 valence electrons. The van der Waals surface area contributed by atoms with Gasteiger partial charge in [0.05, 0.1) is 5.56 Å². The van der Waals surface area contributed by atoms with Gasteiger partial charge in [0.2, 0.25) is 0 Å². The predicted octanol–water partition coefficient (Wildman–Crippen LogP) is 6.93. The van der Waals surface area contributed by atoms with Gasteiger partial charge in [0.1, 0.15) is 0 Å². The van der Waals surface area contributed by atoms with Crippen LogP contribution in [0.15, 0.2) is 30.3 Å². The number of aromatic carboxylic acids is 1. The van der Waals surface area contributed by atoms with Crippen molar-refractivity contribution in [2.75, 3.05) is 0 Å². The zero-order valence-corrected chi connectivity index (χ0v) is 16.0. The van der Waals surface area contributed by atoms with E-state index in [9.17, 15) is 23.1 Å². The Hall–Kier alpha value is -2.30. The average molecular weight is 390 g/mol. The Morgan fingerprint density at radius 3 is 2.29 bits per heavy atom. The van der Waals surface area contributed by atoms with Crippen LogP contribution in [-0.4, -0.2) is 11.1 Å². The van der Waals surface area contributed by atoms with Crippen LogP contribution >= 0.6 is 0 Å². The molecule has 0 heterocycles. The Morgan fingerprint density at radius 2 is 1.71 bits per heavy atom. The highest BCUT2D eigenvalue weighted by molar-refractivity contribution is 5.92. The minimum absolute atomic E-state index is 0.0105. The molecule has 1 aliphatic carbocycles. The minimum atomic E-state index is -1.52. The van der Waals surface area contributed by atoms with Crippen molar-refractivity contribution in [1.29, 1.82) is 0 Å². The Bertz CT molecular complexity index is 832. The molecule has 5 heteroatoms. The molecule has 3 rings (SSSR count). The van der Waals surface area contributed by atoms with Crippen molar-refractivity contribution in [2.45, 2.75) is 57.8 Å². The number of carboxylic acids is 1. The highest BCUT2D eigenvalue weighted by Crippen LogP contribution is 2.43. The number of carboxylic acid groups (broad SMARTS) is 1. The van der Waals surface area contributed by atoms with Crippen molar-refractivity contribution in [3.63, 3.8) is 0 Å². The topological polar surface area (TPSA) is 37.3 Å². The van der Waals surface area contributed by atoms with Crippen LogP contribution in [0.1, 0.15) is 73.7 Å². The van der Waals surface area contributed by atoms with E-state index in [-0.39, 0.29) is 17.0 Å². The molecular formula is C23H25F3O2. The van der Waals surface area contributed by atoms with Gasteiger partial charge in [-0.2, -0.15) is 0 Å². The first kappa shape index (κ1) is 20.4. The Kier molecular flexibility index (Phi) is 6.42. The molecule has 0 unspecified atom stereocenters. The maximum Gasteiger partial charge on any atom is 0.335 e. The number of hydrogen-bond donors (Lipinski definition) is 1. The lowest BCUT2D eigenvalue weighted by Crippen LogP contribution is -2.17. The number of benzene rings is 2. The van der Waals surface area contributed by atoms with E-state index in [1.54, 1.807) is 12.1 Å². The first-order chi connectivity index (χ1) is 13.4. The summed E-state index contributed by atoms with van der Waals surface area (Å²) in [4.78, 5) is 11.8. The van der Waals surface area contributed by atoms with Gasteiger partial charge in [0.25, 0.3) is 0 Å². The lowest BCUT2D eigenvalue weighted by atomic mass is 9.74. The van der Waals surface area contributed by atoms with E-state index in [4.69, 9.17) is 0 Å². The maximum absolute atomic E-state index is 13.8. The average Bonchev–Trinajstić information content (AvgIpc) is 2.70. The summed E-state index contributed by atoms with van der Waals surface area (Å²) >= 11 is 0. The van der Waals surface area contributed by atoms with E-state index in [0.717, 1.165) is 44.2 Å². The molecule has 0 atom stereocenters. The Morgan fingerprint density at radius 1 is 1.07 bits per heavy atom. The molecule has 0 aromatic heterocycles. The van der Waals surface area contributed by atoms with Crippen LogP contribution in [-0.2, 0) is 0 Å². The van der Waals surface area contributed by atoms with Gasteiger partial charge in [-0.25, -0.2) is 18.0 Å². The van der Waals surface area contributed by atoms with Crippen molar-refractivity contribution in [2.24, 2.45) is 5.92 Å². The third-order valence-electron chi connectivity index (χ3n) is 5.85. The van der Waals surface area contributed by atoms with E-state index >= 15 is 0 Å². The molecule has 1 aliphatic rings. The monoisotopic (exact) mass is 390 g/mol. The maximum atomic E-state index is 13.8. The van der Waals surface area contributed by atoms with Crippen LogP contribution in [0.4, 0.5) is 13.2 Å². The van der Waals surface area contributed by atoms with Gasteiger partial charge in [-0.05, 0) is 72.4 Å². The summed E-state index contributed by atoms with van der Waals surface area (Å²) < 4.78 is 41.0. The molecule has 2 aromatic carbocycles. The molecule has 2 nitrogen and oxygen atoms in total. The van der Waals surface area contributed by atoms with E-state index < -0.39 is 23.4 Å². The van der Waals surface area contributed by atoms with Crippen LogP contribution in [0.3, 0.4) is 0 Å². The predicted molar refractivity (Wildman–Crippen MR) is 103 cm³/mol. The summed E-state index contributed by atoms with van der Waals surface area (Å²) in [7, 11) is 0. The van der Waals surface area contributed by atoms with Crippen LogP contribution < -0.4 is 0 Å². The second kappa shape index (κ2) is 8.80. The highest BCUT2D eigenvalue weighted by Gasteiger charge is 2.28. The lowest BCUT2D eigenvalue weighted by Gasteiger charge is -2.31. The summed E-state index contributed by atoms with van der Waals surface area (Å²) in [5, 5.41) is 9.68. The van der Waals surface area contributed by atoms with Crippen molar-refractivity contribution < 1.29 is 23.1 Å². The fourth-order valence-corrected chi connectivity index (χ4v) is 4.39. The van der Waals surface area contributed by atoms with Crippen molar-refractivity contribution in [3.8, 4) is 11.1 Å². The summed E-state index contributed by atoms with van der Waals surface area (Å²) in [6.07, 6.45) is 7.27. The smallest absolute Gasteiger partial charge is 0.335 e. The molecule has 0 radical (unpaired) electrons. The molecule has 28 heavy (non-hydrogen) atoms. The molecule has 1 N–H and O–H groups in total. The van der Waals surface area contributed by atoms with Gasteiger partial charge in [0, 0.05) is 0 Å². The standard InChI is InChI=1S/C23H25F3O2/c1-2-3-5-14-8-10-15(11-9-14)21-17(6-4-7-18(21)23(27)28)16-12-19(24)22(26)20(25)13-16/h4,6-7,12-15H,2-3,5,8-11H2,1H3,(H,27,28)/t14-,15-. The number of unbranched alkanes of at least 4 members (excludes halogenated alkanes) is 1. The van der Waals surface area contributed by atoms with Gasteiger partial charge in [-0.1, -0.05) is 38.3 Å². The zero-order chi connectivity index (χ0) is 20.3. The van der Waals surface area contributed by atoms with Crippen LogP contribution in [0.5, 0.6) is 0 Å². The first-order valence-corrected chi connectivity index (χ1v) is 9.93. The molecular weight excluding hydrogens is 365 g/mol. The molecule has 0 bridgehead atoms. The first-order valence-electron chi connectivity index (χ1n) is 9.93. The van der Waals surface area contributed by atoms with E-state index in [1.807, 2.05) is 0 Å². The summed E-state index contributed by atoms with van der Waals surface area (Å²) in [6, 6.07) is 6.64. The Balaban J connectivity index is 2.00. The van der Waals surface area contributed by atoms with Gasteiger partial charge >= 0.3 is 5.97 Å². The molecule has 2 aromatic rings. The zero-order valence-electron chi connectivity index (χ0n) is 16.0. The summed E-state index contributed by atoms with van der Waals surface area (Å²) in [5.74, 6) is -4.47. The summed E-state index contributed by atoms with van der Waals surface area (Å²) in [6.45, 7) is 2.17. The molecule has 0 saturated heterocycles. The molecule has 1 fully saturated rings. The number of carbonyl (C=O) groups is 1. The third-order valence-corrected chi connectivity index (χ3v) is 5.85. The molecule has 1 saturated carbocycles. The summed E-state index contributed by atoms with van der Waals surface area (Å²) in [5.41, 5.74) is 1.39. The highest BCUT2D eigenvalue weighted by atomic mass is 19.2. The van der Waals surface area contributed by atoms with Crippen LogP contribution in [0, 0.1) is 23.4 Å². The molecule has 0 aliphatic heterocycles. The molecule has 0 spiro atoms. The number of halogens is 3. The fraction of sp³-hybridized carbons (Fsp3) is 0.435. The third kappa shape index (κ3) is 4.23. The lowest BCUT2D eigenvalue weighted by molar-refractivity contribution is 0.0694. The second-order valence-corrected chi connectivity index (χ2v) is 7.69. The van der Waals surface area contributed by atoms with Gasteiger partial charge < -0.3 is 5.11 Å². The van der Waals surface area contributed by atoms with Crippen molar-refractivity contribution in [1.82, 2.24) is 0 Å². The van der Waals surface area contributed by atoms with E-state index in [1.165, 1.54) is 18.9 Å². The van der Waals surface area contributed by atoms with Crippen molar-refractivity contribution in [3.05, 3.63) is 58.9 Å². The van der Waals surface area contributed by atoms with Gasteiger partial charge in [0.15, 0.2) is 17.5 Å². The minimum Gasteiger partial charge on any atom is -0.478 e. The van der Waals surface area contributed by atoms with Crippen molar-refractivity contribution >= 4 is 5.97 Å². The van der Waals surface area contributed by atoms with Crippen LogP contribution in [0.25, 0.3) is 11.1 Å². The normalized spacial score (nSPS) is 19.6. The number of rotatable bonds is 6. The van der Waals surface area contributed by atoms with Crippen LogP contribution in [0.2, 0.25) is 0 Å². The SMILES string of the molecule is CCCC[C@H]1CC[C@H](c2c(C(=O)O)cccc2-c2cc(F)c(F)c(F)c2)CC1. The Labute approximate surface area is 163 Å². The second-order valence-electron chi connectivity index (χ2n) is 7.69. The van der Waals surface area contributed by atoms with E-state index in [0.29, 0.717) is 17.0 Å². The fourth-order valence-electron chi connectivity index (χ4n) is 4.39. The number of hydrogen-bond acceptors (Lipinski definition) is 1.